The van der Waals surface area contributed by atoms with Crippen LogP contribution < -0.4 is 0 Å². The fraction of sp³-hybridized carbons (Fsp3) is 0.692. The summed E-state index contributed by atoms with van der Waals surface area (Å²) in [5.74, 6) is 0.482. The van der Waals surface area contributed by atoms with Crippen LogP contribution in [0, 0.1) is 11.8 Å². The Morgan fingerprint density at radius 1 is 1.39 bits per heavy atom. The number of rotatable bonds is 0. The Hall–Kier alpha value is -1.52. The molecule has 2 bridgehead atoms. The van der Waals surface area contributed by atoms with E-state index in [0.717, 1.165) is 11.3 Å². The van der Waals surface area contributed by atoms with Crippen molar-refractivity contribution in [2.75, 3.05) is 0 Å². The smallest absolute Gasteiger partial charge is 0.420 e. The maximum Gasteiger partial charge on any atom is 0.420 e. The SMILES string of the molecule is CC(C)(C)OC(=O)N1C(=O)OC2C3C=CC(C3)C21. The van der Waals surface area contributed by atoms with E-state index >= 15 is 0 Å². The van der Waals surface area contributed by atoms with Gasteiger partial charge < -0.3 is 9.47 Å². The second-order valence-electron chi connectivity index (χ2n) is 6.14. The first-order valence-electron chi connectivity index (χ1n) is 6.28. The van der Waals surface area contributed by atoms with E-state index < -0.39 is 17.8 Å². The molecule has 5 nitrogen and oxygen atoms in total. The number of amides is 2. The lowest BCUT2D eigenvalue weighted by molar-refractivity contribution is 0.0273. The monoisotopic (exact) mass is 251 g/mol. The third-order valence-corrected chi connectivity index (χ3v) is 3.67. The van der Waals surface area contributed by atoms with Gasteiger partial charge in [-0.1, -0.05) is 12.2 Å². The second-order valence-corrected chi connectivity index (χ2v) is 6.14. The van der Waals surface area contributed by atoms with E-state index in [-0.39, 0.29) is 24.0 Å². The molecule has 0 spiro atoms. The van der Waals surface area contributed by atoms with E-state index in [1.54, 1.807) is 20.8 Å². The molecule has 3 aliphatic rings. The van der Waals surface area contributed by atoms with Gasteiger partial charge in [0.05, 0.1) is 6.04 Å². The van der Waals surface area contributed by atoms with Crippen LogP contribution in [0.5, 0.6) is 0 Å². The zero-order chi connectivity index (χ0) is 13.1. The molecule has 0 N–H and O–H groups in total. The maximum absolute atomic E-state index is 12.1. The van der Waals surface area contributed by atoms with E-state index in [1.165, 1.54) is 0 Å². The molecule has 2 fully saturated rings. The van der Waals surface area contributed by atoms with Crippen LogP contribution in [0.2, 0.25) is 0 Å². The van der Waals surface area contributed by atoms with Gasteiger partial charge in [0, 0.05) is 11.8 Å². The van der Waals surface area contributed by atoms with Crippen LogP contribution >= 0.6 is 0 Å². The third-order valence-electron chi connectivity index (χ3n) is 3.67. The van der Waals surface area contributed by atoms with Crippen molar-refractivity contribution in [3.05, 3.63) is 12.2 Å². The molecule has 1 aliphatic heterocycles. The lowest BCUT2D eigenvalue weighted by atomic mass is 9.99. The molecule has 0 aromatic heterocycles. The van der Waals surface area contributed by atoms with Crippen LogP contribution in [-0.4, -0.2) is 34.8 Å². The Morgan fingerprint density at radius 2 is 2.06 bits per heavy atom. The largest absolute Gasteiger partial charge is 0.443 e. The molecule has 2 aliphatic carbocycles. The quantitative estimate of drug-likeness (QED) is 0.620. The van der Waals surface area contributed by atoms with Crippen LogP contribution in [-0.2, 0) is 9.47 Å². The third kappa shape index (κ3) is 1.61. The summed E-state index contributed by atoms with van der Waals surface area (Å²) in [6.07, 6.45) is 3.77. The molecule has 0 aromatic carbocycles. The van der Waals surface area contributed by atoms with Crippen molar-refractivity contribution in [1.29, 1.82) is 0 Å². The summed E-state index contributed by atoms with van der Waals surface area (Å²) >= 11 is 0. The van der Waals surface area contributed by atoms with Crippen molar-refractivity contribution in [3.63, 3.8) is 0 Å². The van der Waals surface area contributed by atoms with Gasteiger partial charge in [-0.3, -0.25) is 0 Å². The summed E-state index contributed by atoms with van der Waals surface area (Å²) in [6.45, 7) is 5.35. The van der Waals surface area contributed by atoms with Crippen molar-refractivity contribution < 1.29 is 19.1 Å². The highest BCUT2D eigenvalue weighted by atomic mass is 16.6. The molecule has 3 rings (SSSR count). The van der Waals surface area contributed by atoms with Gasteiger partial charge in [-0.05, 0) is 27.2 Å². The molecule has 5 heteroatoms. The van der Waals surface area contributed by atoms with Crippen LogP contribution in [0.4, 0.5) is 9.59 Å². The van der Waals surface area contributed by atoms with Gasteiger partial charge in [-0.15, -0.1) is 0 Å². The van der Waals surface area contributed by atoms with E-state index in [4.69, 9.17) is 9.47 Å². The zero-order valence-corrected chi connectivity index (χ0v) is 10.8. The lowest BCUT2D eigenvalue weighted by Gasteiger charge is -2.27. The van der Waals surface area contributed by atoms with Crippen molar-refractivity contribution >= 4 is 12.2 Å². The second kappa shape index (κ2) is 3.49. The Morgan fingerprint density at radius 3 is 2.72 bits per heavy atom. The Kier molecular flexibility index (Phi) is 2.24. The highest BCUT2D eigenvalue weighted by Gasteiger charge is 2.58. The number of carbonyl (C=O) groups excluding carboxylic acids is 2. The van der Waals surface area contributed by atoms with E-state index in [2.05, 4.69) is 12.2 Å². The summed E-state index contributed by atoms with van der Waals surface area (Å²) in [7, 11) is 0. The van der Waals surface area contributed by atoms with Crippen molar-refractivity contribution in [3.8, 4) is 0 Å². The van der Waals surface area contributed by atoms with Crippen molar-refractivity contribution in [1.82, 2.24) is 4.90 Å². The maximum atomic E-state index is 12.1. The molecule has 1 saturated carbocycles. The van der Waals surface area contributed by atoms with Crippen LogP contribution in [0.1, 0.15) is 27.2 Å². The van der Waals surface area contributed by atoms with Crippen LogP contribution in [0.15, 0.2) is 12.2 Å². The first-order chi connectivity index (χ1) is 8.37. The summed E-state index contributed by atoms with van der Waals surface area (Å²) in [4.78, 5) is 25.0. The predicted octanol–water partition coefficient (Wildman–Crippen LogP) is 2.32. The molecular formula is C13H17NO4. The van der Waals surface area contributed by atoms with Crippen molar-refractivity contribution in [2.24, 2.45) is 11.8 Å². The van der Waals surface area contributed by atoms with E-state index in [1.807, 2.05) is 0 Å². The predicted molar refractivity (Wildman–Crippen MR) is 62.9 cm³/mol. The molecule has 18 heavy (non-hydrogen) atoms. The molecule has 1 heterocycles. The summed E-state index contributed by atoms with van der Waals surface area (Å²) < 4.78 is 10.6. The van der Waals surface area contributed by atoms with Gasteiger partial charge >= 0.3 is 12.2 Å². The number of nitrogens with zero attached hydrogens (tertiary/aromatic N) is 1. The minimum Gasteiger partial charge on any atom is -0.443 e. The fourth-order valence-corrected chi connectivity index (χ4v) is 3.05. The Balaban J connectivity index is 1.82. The molecule has 2 amide bonds. The molecule has 0 aromatic rings. The molecule has 98 valence electrons. The van der Waals surface area contributed by atoms with Crippen LogP contribution in [0.25, 0.3) is 0 Å². The van der Waals surface area contributed by atoms with E-state index in [0.29, 0.717) is 0 Å². The summed E-state index contributed by atoms with van der Waals surface area (Å²) in [5, 5.41) is 0. The highest BCUT2D eigenvalue weighted by molar-refractivity contribution is 5.90. The molecule has 0 radical (unpaired) electrons. The average molecular weight is 251 g/mol. The molecule has 1 saturated heterocycles. The number of carbonyl (C=O) groups is 2. The number of fused-ring (bicyclic) bond motifs is 5. The molecule has 4 atom stereocenters. The van der Waals surface area contributed by atoms with Gasteiger partial charge in [0.2, 0.25) is 0 Å². The lowest BCUT2D eigenvalue weighted by Crippen LogP contribution is -2.45. The first-order valence-corrected chi connectivity index (χ1v) is 6.28. The first kappa shape index (κ1) is 11.6. The Labute approximate surface area is 106 Å². The standard InChI is InChI=1S/C13H17NO4/c1-13(2,3)18-12(16)14-9-7-4-5-8(6-7)10(9)17-11(14)15/h4-5,7-10H,6H2,1-3H3. The topological polar surface area (TPSA) is 55.8 Å². The van der Waals surface area contributed by atoms with Gasteiger partial charge in [0.15, 0.2) is 0 Å². The minimum atomic E-state index is -0.608. The molecule has 4 unspecified atom stereocenters. The Bertz CT molecular complexity index is 437. The van der Waals surface area contributed by atoms with Crippen LogP contribution in [0.3, 0.4) is 0 Å². The number of hydrogen-bond donors (Lipinski definition) is 0. The minimum absolute atomic E-state index is 0.178. The van der Waals surface area contributed by atoms with Gasteiger partial charge in [-0.2, -0.15) is 0 Å². The van der Waals surface area contributed by atoms with Crippen molar-refractivity contribution in [2.45, 2.75) is 44.9 Å². The molecular weight excluding hydrogens is 234 g/mol. The highest BCUT2D eigenvalue weighted by Crippen LogP contribution is 2.47. The van der Waals surface area contributed by atoms with E-state index in [9.17, 15) is 9.59 Å². The van der Waals surface area contributed by atoms with Gasteiger partial charge in [0.25, 0.3) is 0 Å². The number of ether oxygens (including phenoxy) is 2. The summed E-state index contributed by atoms with van der Waals surface area (Å²) in [6, 6.07) is -0.178. The fourth-order valence-electron chi connectivity index (χ4n) is 3.05. The van der Waals surface area contributed by atoms with Gasteiger partial charge in [0.1, 0.15) is 11.7 Å². The number of imide groups is 1. The average Bonchev–Trinajstić information content (AvgIpc) is 2.83. The summed E-state index contributed by atoms with van der Waals surface area (Å²) in [5.41, 5.74) is -0.608. The van der Waals surface area contributed by atoms with Gasteiger partial charge in [-0.25, -0.2) is 14.5 Å². The normalized spacial score (nSPS) is 36.8. The number of hydrogen-bond acceptors (Lipinski definition) is 4. The zero-order valence-electron chi connectivity index (χ0n) is 10.8.